The Kier molecular flexibility index (Phi) is 7.32. The minimum atomic E-state index is -1.06. The van der Waals surface area contributed by atoms with E-state index in [1.807, 2.05) is 6.92 Å². The van der Waals surface area contributed by atoms with Crippen molar-refractivity contribution in [1.82, 2.24) is 4.90 Å². The van der Waals surface area contributed by atoms with Gasteiger partial charge in [0.2, 0.25) is 0 Å². The number of nitrogens with zero attached hydrogens (tertiary/aromatic N) is 2. The zero-order valence-electron chi connectivity index (χ0n) is 17.5. The molecule has 3 rings (SSSR count). The van der Waals surface area contributed by atoms with E-state index in [1.165, 1.54) is 17.0 Å². The molecule has 32 heavy (non-hydrogen) atoms. The highest BCUT2D eigenvalue weighted by Gasteiger charge is 2.32. The second-order valence-corrected chi connectivity index (χ2v) is 7.81. The van der Waals surface area contributed by atoms with Gasteiger partial charge in [0.15, 0.2) is 11.3 Å². The topological polar surface area (TPSA) is 117 Å². The number of para-hydroxylation sites is 1. The van der Waals surface area contributed by atoms with Crippen LogP contribution in [0.4, 0.5) is 5.69 Å². The lowest BCUT2D eigenvalue weighted by atomic mass is 10.1. The van der Waals surface area contributed by atoms with E-state index < -0.39 is 18.0 Å². The van der Waals surface area contributed by atoms with Crippen LogP contribution in [0.2, 0.25) is 0 Å². The maximum Gasteiger partial charge on any atom is 0.344 e. The van der Waals surface area contributed by atoms with Crippen molar-refractivity contribution in [2.75, 3.05) is 6.54 Å². The number of carbonyl (C=O) groups excluding carboxylic acids is 1. The summed E-state index contributed by atoms with van der Waals surface area (Å²) in [6, 6.07) is 13.1. The van der Waals surface area contributed by atoms with E-state index in [1.54, 1.807) is 49.4 Å². The lowest BCUT2D eigenvalue weighted by Crippen LogP contribution is -2.28. The van der Waals surface area contributed by atoms with E-state index in [-0.39, 0.29) is 11.5 Å². The number of hydrogen-bond donors (Lipinski definition) is 2. The molecule has 1 saturated heterocycles. The van der Waals surface area contributed by atoms with Gasteiger partial charge in [0.05, 0.1) is 16.2 Å². The maximum absolute atomic E-state index is 12.9. The molecule has 2 N–H and O–H groups in total. The maximum atomic E-state index is 12.9. The van der Waals surface area contributed by atoms with Crippen LogP contribution in [-0.4, -0.2) is 50.8 Å². The summed E-state index contributed by atoms with van der Waals surface area (Å²) in [5.74, 6) is -1.99. The molecule has 1 aliphatic rings. The molecule has 0 bridgehead atoms. The monoisotopic (exact) mass is 454 g/mol. The summed E-state index contributed by atoms with van der Waals surface area (Å²) < 4.78 is 5.65. The third-order valence-electron chi connectivity index (χ3n) is 4.64. The van der Waals surface area contributed by atoms with E-state index in [9.17, 15) is 24.6 Å². The number of thioether (sulfide) groups is 1. The molecule has 1 fully saturated rings. The van der Waals surface area contributed by atoms with Gasteiger partial charge in [-0.25, -0.2) is 14.6 Å². The highest BCUT2D eigenvalue weighted by atomic mass is 32.2. The number of carboxylic acid groups (broad SMARTS) is 2. The molecule has 2 aromatic rings. The number of carboxylic acids is 2. The number of amidine groups is 1. The Bertz CT molecular complexity index is 1110. The zero-order valence-corrected chi connectivity index (χ0v) is 18.3. The van der Waals surface area contributed by atoms with E-state index in [0.29, 0.717) is 40.0 Å². The fourth-order valence-corrected chi connectivity index (χ4v) is 4.05. The van der Waals surface area contributed by atoms with Crippen LogP contribution in [0.5, 0.6) is 5.75 Å². The number of aromatic carboxylic acids is 1. The van der Waals surface area contributed by atoms with Crippen LogP contribution in [0.25, 0.3) is 6.08 Å². The number of amides is 1. The predicted molar refractivity (Wildman–Crippen MR) is 122 cm³/mol. The first-order chi connectivity index (χ1) is 15.3. The lowest BCUT2D eigenvalue weighted by Gasteiger charge is -2.15. The average molecular weight is 455 g/mol. The van der Waals surface area contributed by atoms with Gasteiger partial charge in [-0.1, -0.05) is 31.2 Å². The van der Waals surface area contributed by atoms with Crippen LogP contribution in [0.15, 0.2) is 58.4 Å². The van der Waals surface area contributed by atoms with Crippen LogP contribution in [-0.2, 0) is 9.59 Å². The second-order valence-electron chi connectivity index (χ2n) is 6.80. The summed E-state index contributed by atoms with van der Waals surface area (Å²) in [6.07, 6.45) is 0.951. The van der Waals surface area contributed by atoms with Gasteiger partial charge < -0.3 is 14.9 Å². The highest BCUT2D eigenvalue weighted by Crippen LogP contribution is 2.35. The van der Waals surface area contributed by atoms with Gasteiger partial charge in [-0.05, 0) is 55.4 Å². The van der Waals surface area contributed by atoms with Crippen LogP contribution in [0.3, 0.4) is 0 Å². The molecule has 1 heterocycles. The Morgan fingerprint density at radius 1 is 1.16 bits per heavy atom. The van der Waals surface area contributed by atoms with Crippen molar-refractivity contribution in [2.45, 2.75) is 26.4 Å². The van der Waals surface area contributed by atoms with E-state index in [4.69, 9.17) is 4.74 Å². The largest absolute Gasteiger partial charge is 0.479 e. The zero-order chi connectivity index (χ0) is 23.3. The number of aliphatic carboxylic acids is 1. The van der Waals surface area contributed by atoms with Gasteiger partial charge in [-0.2, -0.15) is 0 Å². The molecule has 2 aromatic carbocycles. The summed E-state index contributed by atoms with van der Waals surface area (Å²) in [5, 5.41) is 18.9. The van der Waals surface area contributed by atoms with Gasteiger partial charge in [-0.3, -0.25) is 9.69 Å². The second kappa shape index (κ2) is 10.1. The van der Waals surface area contributed by atoms with E-state index in [0.717, 1.165) is 11.8 Å². The van der Waals surface area contributed by atoms with Crippen molar-refractivity contribution < 1.29 is 29.3 Å². The summed E-state index contributed by atoms with van der Waals surface area (Å²) in [6.45, 7) is 3.92. The Labute approximate surface area is 189 Å². The van der Waals surface area contributed by atoms with Crippen molar-refractivity contribution in [1.29, 1.82) is 0 Å². The number of benzene rings is 2. The number of carbonyl (C=O) groups is 3. The number of likely N-dealkylation sites (N-methyl/N-ethyl adjacent to an activating group) is 1. The summed E-state index contributed by atoms with van der Waals surface area (Å²) in [7, 11) is 0. The van der Waals surface area contributed by atoms with Crippen LogP contribution in [0, 0.1) is 0 Å². The molecule has 166 valence electrons. The Hall–Kier alpha value is -3.59. The van der Waals surface area contributed by atoms with Crippen molar-refractivity contribution in [3.8, 4) is 5.75 Å². The fraction of sp³-hybridized carbons (Fsp3) is 0.217. The minimum absolute atomic E-state index is 0.106. The molecule has 1 amide bonds. The Morgan fingerprint density at radius 3 is 2.56 bits per heavy atom. The van der Waals surface area contributed by atoms with Crippen molar-refractivity contribution in [2.24, 2.45) is 4.99 Å². The molecule has 9 heteroatoms. The average Bonchev–Trinajstić information content (AvgIpc) is 3.06. The smallest absolute Gasteiger partial charge is 0.344 e. The predicted octanol–water partition coefficient (Wildman–Crippen LogP) is 4.25. The molecule has 0 aliphatic carbocycles. The standard InChI is InChI=1S/C23H22N2O6S/c1-3-17(22(29)30)31-18-11-6-5-8-14(18)13-19-20(26)25(4-2)23(32-19)24-16-10-7-9-15(12-16)21(27)28/h5-13,17H,3-4H2,1-2H3,(H,27,28)(H,29,30)/b19-13-,24-23?. The minimum Gasteiger partial charge on any atom is -0.479 e. The van der Waals surface area contributed by atoms with E-state index >= 15 is 0 Å². The summed E-state index contributed by atoms with van der Waals surface area (Å²) >= 11 is 1.16. The molecule has 1 aliphatic heterocycles. The molecule has 0 saturated carbocycles. The lowest BCUT2D eigenvalue weighted by molar-refractivity contribution is -0.145. The number of rotatable bonds is 8. The number of aliphatic imine (C=N–C) groups is 1. The highest BCUT2D eigenvalue weighted by molar-refractivity contribution is 8.18. The first-order valence-corrected chi connectivity index (χ1v) is 10.8. The molecule has 1 atom stereocenters. The number of ether oxygens (including phenoxy) is 1. The van der Waals surface area contributed by atoms with Crippen molar-refractivity contribution >= 4 is 46.5 Å². The first kappa shape index (κ1) is 23.1. The van der Waals surface area contributed by atoms with Crippen LogP contribution >= 0.6 is 11.8 Å². The molecule has 0 spiro atoms. The molecule has 1 unspecified atom stereocenters. The normalized spacial score (nSPS) is 17.1. The molecule has 0 aromatic heterocycles. The Morgan fingerprint density at radius 2 is 1.91 bits per heavy atom. The number of hydrogen-bond acceptors (Lipinski definition) is 6. The molecule has 8 nitrogen and oxygen atoms in total. The van der Waals surface area contributed by atoms with Crippen molar-refractivity contribution in [3.63, 3.8) is 0 Å². The quantitative estimate of drug-likeness (QED) is 0.573. The summed E-state index contributed by atoms with van der Waals surface area (Å²) in [4.78, 5) is 41.9. The fourth-order valence-electron chi connectivity index (χ4n) is 3.00. The first-order valence-electron chi connectivity index (χ1n) is 9.96. The SMILES string of the molecule is CCC(Oc1ccccc1/C=C1\SC(=Nc2cccc(C(=O)O)c2)N(CC)C1=O)C(=O)O. The van der Waals surface area contributed by atoms with E-state index in [2.05, 4.69) is 4.99 Å². The van der Waals surface area contributed by atoms with Gasteiger partial charge in [0.1, 0.15) is 5.75 Å². The third kappa shape index (κ3) is 5.17. The summed E-state index contributed by atoms with van der Waals surface area (Å²) in [5.41, 5.74) is 1.11. The third-order valence-corrected chi connectivity index (χ3v) is 5.65. The molecular formula is C23H22N2O6S. The van der Waals surface area contributed by atoms with Gasteiger partial charge in [0.25, 0.3) is 5.91 Å². The van der Waals surface area contributed by atoms with Crippen LogP contribution < -0.4 is 4.74 Å². The van der Waals surface area contributed by atoms with Crippen molar-refractivity contribution in [3.05, 3.63) is 64.6 Å². The van der Waals surface area contributed by atoms with Gasteiger partial charge in [-0.15, -0.1) is 0 Å². The van der Waals surface area contributed by atoms with Gasteiger partial charge in [0, 0.05) is 12.1 Å². The van der Waals surface area contributed by atoms with Gasteiger partial charge >= 0.3 is 11.9 Å². The van der Waals surface area contributed by atoms with Crippen LogP contribution in [0.1, 0.15) is 36.2 Å². The molecular weight excluding hydrogens is 432 g/mol. The molecule has 0 radical (unpaired) electrons. The Balaban J connectivity index is 1.94.